The zero-order valence-electron chi connectivity index (χ0n) is 9.95. The Morgan fingerprint density at radius 2 is 1.81 bits per heavy atom. The number of amides is 1. The zero-order chi connectivity index (χ0) is 11.9. The number of nitrogens with one attached hydrogen (secondary N) is 1. The van der Waals surface area contributed by atoms with Crippen molar-refractivity contribution >= 4 is 11.6 Å². The van der Waals surface area contributed by atoms with Gasteiger partial charge in [-0.15, -0.1) is 0 Å². The van der Waals surface area contributed by atoms with Crippen LogP contribution < -0.4 is 11.1 Å². The van der Waals surface area contributed by atoms with Gasteiger partial charge >= 0.3 is 0 Å². The van der Waals surface area contributed by atoms with Gasteiger partial charge in [-0.2, -0.15) is 0 Å². The van der Waals surface area contributed by atoms with Gasteiger partial charge in [-0.05, 0) is 23.1 Å². The molecular weight excluding hydrogens is 200 g/mol. The first kappa shape index (κ1) is 11.1. The minimum absolute atomic E-state index is 0.0452. The van der Waals surface area contributed by atoms with Crippen molar-refractivity contribution in [2.75, 3.05) is 5.32 Å². The third kappa shape index (κ3) is 1.83. The molecule has 2 atom stereocenters. The summed E-state index contributed by atoms with van der Waals surface area (Å²) in [5.74, 6) is 0.398. The maximum atomic E-state index is 10.9. The van der Waals surface area contributed by atoms with Crippen LogP contribution in [0, 0.1) is 5.41 Å². The van der Waals surface area contributed by atoms with E-state index in [2.05, 4.69) is 19.2 Å². The van der Waals surface area contributed by atoms with Gasteiger partial charge < -0.3 is 11.1 Å². The highest BCUT2D eigenvalue weighted by Gasteiger charge is 2.55. The van der Waals surface area contributed by atoms with Crippen LogP contribution in [0.2, 0.25) is 0 Å². The highest BCUT2D eigenvalue weighted by molar-refractivity contribution is 5.88. The van der Waals surface area contributed by atoms with Gasteiger partial charge in [-0.25, -0.2) is 0 Å². The molecule has 0 heterocycles. The van der Waals surface area contributed by atoms with Gasteiger partial charge in [0.15, 0.2) is 0 Å². The van der Waals surface area contributed by atoms with E-state index in [1.54, 1.807) is 0 Å². The van der Waals surface area contributed by atoms with Crippen LogP contribution in [0.4, 0.5) is 5.69 Å². The van der Waals surface area contributed by atoms with Gasteiger partial charge in [0.25, 0.3) is 0 Å². The number of carbonyl (C=O) groups is 1. The molecule has 2 unspecified atom stereocenters. The molecule has 1 aliphatic rings. The Balaban J connectivity index is 2.12. The molecule has 16 heavy (non-hydrogen) atoms. The Hall–Kier alpha value is -1.35. The predicted octanol–water partition coefficient (Wildman–Crippen LogP) is 2.10. The van der Waals surface area contributed by atoms with Crippen LogP contribution in [0.15, 0.2) is 24.3 Å². The van der Waals surface area contributed by atoms with Crippen molar-refractivity contribution in [3.8, 4) is 0 Å². The maximum Gasteiger partial charge on any atom is 0.221 e. The third-order valence-corrected chi connectivity index (χ3v) is 3.50. The summed E-state index contributed by atoms with van der Waals surface area (Å²) in [4.78, 5) is 10.9. The van der Waals surface area contributed by atoms with Crippen LogP contribution in [0.1, 0.15) is 32.3 Å². The fourth-order valence-electron chi connectivity index (χ4n) is 2.29. The zero-order valence-corrected chi connectivity index (χ0v) is 9.95. The quantitative estimate of drug-likeness (QED) is 0.798. The lowest BCUT2D eigenvalue weighted by atomic mass is 10.0. The monoisotopic (exact) mass is 218 g/mol. The summed E-state index contributed by atoms with van der Waals surface area (Å²) in [5, 5.41) is 2.75. The minimum atomic E-state index is -0.0452. The van der Waals surface area contributed by atoms with Crippen molar-refractivity contribution in [3.63, 3.8) is 0 Å². The molecule has 0 aliphatic heterocycles. The summed E-state index contributed by atoms with van der Waals surface area (Å²) in [6.07, 6.45) is 0. The normalized spacial score (nSPS) is 26.2. The number of benzene rings is 1. The Labute approximate surface area is 96.0 Å². The lowest BCUT2D eigenvalue weighted by Crippen LogP contribution is -2.06. The van der Waals surface area contributed by atoms with Crippen molar-refractivity contribution < 1.29 is 4.79 Å². The molecule has 1 aliphatic carbocycles. The van der Waals surface area contributed by atoms with Crippen molar-refractivity contribution in [1.29, 1.82) is 0 Å². The standard InChI is InChI=1S/C13H18N2O/c1-8(16)15-10-6-4-9(5-7-10)11-12(14)13(11,2)3/h4-7,11-12H,14H2,1-3H3,(H,15,16). The average Bonchev–Trinajstić information content (AvgIpc) is 2.67. The molecule has 0 spiro atoms. The van der Waals surface area contributed by atoms with E-state index in [1.807, 2.05) is 24.3 Å². The molecule has 1 fully saturated rings. The van der Waals surface area contributed by atoms with Crippen LogP contribution in [-0.4, -0.2) is 11.9 Å². The van der Waals surface area contributed by atoms with Crippen LogP contribution in [0.25, 0.3) is 0 Å². The molecule has 1 aromatic carbocycles. The highest BCUT2D eigenvalue weighted by Crippen LogP contribution is 2.57. The highest BCUT2D eigenvalue weighted by atomic mass is 16.1. The van der Waals surface area contributed by atoms with Gasteiger partial charge in [0.2, 0.25) is 5.91 Å². The van der Waals surface area contributed by atoms with E-state index >= 15 is 0 Å². The number of anilines is 1. The molecule has 86 valence electrons. The molecule has 0 saturated heterocycles. The van der Waals surface area contributed by atoms with E-state index in [0.29, 0.717) is 5.92 Å². The van der Waals surface area contributed by atoms with Crippen molar-refractivity contribution in [1.82, 2.24) is 0 Å². The molecule has 2 rings (SSSR count). The summed E-state index contributed by atoms with van der Waals surface area (Å²) in [7, 11) is 0. The first-order chi connectivity index (χ1) is 7.43. The van der Waals surface area contributed by atoms with Gasteiger partial charge in [0.1, 0.15) is 0 Å². The Morgan fingerprint density at radius 3 is 2.19 bits per heavy atom. The second kappa shape index (κ2) is 3.59. The maximum absolute atomic E-state index is 10.9. The number of hydrogen-bond acceptors (Lipinski definition) is 2. The van der Waals surface area contributed by atoms with E-state index in [1.165, 1.54) is 12.5 Å². The van der Waals surface area contributed by atoms with E-state index < -0.39 is 0 Å². The molecule has 3 N–H and O–H groups in total. The molecule has 1 aromatic rings. The second-order valence-corrected chi connectivity index (χ2v) is 5.13. The molecular formula is C13H18N2O. The second-order valence-electron chi connectivity index (χ2n) is 5.13. The van der Waals surface area contributed by atoms with E-state index in [4.69, 9.17) is 5.73 Å². The van der Waals surface area contributed by atoms with Gasteiger partial charge in [-0.1, -0.05) is 26.0 Å². The number of carbonyl (C=O) groups excluding carboxylic acids is 1. The van der Waals surface area contributed by atoms with Crippen LogP contribution in [-0.2, 0) is 4.79 Å². The lowest BCUT2D eigenvalue weighted by Gasteiger charge is -2.05. The number of nitrogens with two attached hydrogens (primary N) is 1. The van der Waals surface area contributed by atoms with Gasteiger partial charge in [0.05, 0.1) is 0 Å². The van der Waals surface area contributed by atoms with Crippen LogP contribution >= 0.6 is 0 Å². The predicted molar refractivity (Wildman–Crippen MR) is 65.2 cm³/mol. The topological polar surface area (TPSA) is 55.1 Å². The van der Waals surface area contributed by atoms with E-state index in [-0.39, 0.29) is 17.4 Å². The van der Waals surface area contributed by atoms with Gasteiger partial charge in [0, 0.05) is 24.6 Å². The largest absolute Gasteiger partial charge is 0.327 e. The van der Waals surface area contributed by atoms with Crippen molar-refractivity contribution in [3.05, 3.63) is 29.8 Å². The minimum Gasteiger partial charge on any atom is -0.327 e. The van der Waals surface area contributed by atoms with Gasteiger partial charge in [-0.3, -0.25) is 4.79 Å². The number of hydrogen-bond donors (Lipinski definition) is 2. The van der Waals surface area contributed by atoms with E-state index in [0.717, 1.165) is 5.69 Å². The Kier molecular flexibility index (Phi) is 2.50. The fraction of sp³-hybridized carbons (Fsp3) is 0.462. The molecule has 3 nitrogen and oxygen atoms in total. The van der Waals surface area contributed by atoms with Crippen LogP contribution in [0.3, 0.4) is 0 Å². The molecule has 0 radical (unpaired) electrons. The Bertz CT molecular complexity index is 408. The van der Waals surface area contributed by atoms with Crippen LogP contribution in [0.5, 0.6) is 0 Å². The summed E-state index contributed by atoms with van der Waals surface area (Å²) in [6, 6.07) is 8.20. The number of rotatable bonds is 2. The summed E-state index contributed by atoms with van der Waals surface area (Å²) < 4.78 is 0. The molecule has 0 aromatic heterocycles. The molecule has 0 bridgehead atoms. The smallest absolute Gasteiger partial charge is 0.221 e. The molecule has 1 saturated carbocycles. The van der Waals surface area contributed by atoms with Crippen molar-refractivity contribution in [2.45, 2.75) is 32.7 Å². The molecule has 1 amide bonds. The fourth-order valence-corrected chi connectivity index (χ4v) is 2.29. The summed E-state index contributed by atoms with van der Waals surface area (Å²) in [6.45, 7) is 5.88. The third-order valence-electron chi connectivity index (χ3n) is 3.50. The Morgan fingerprint density at radius 1 is 1.31 bits per heavy atom. The van der Waals surface area contributed by atoms with Crippen molar-refractivity contribution in [2.24, 2.45) is 11.1 Å². The first-order valence-electron chi connectivity index (χ1n) is 5.56. The molecule has 3 heteroatoms. The van der Waals surface area contributed by atoms with E-state index in [9.17, 15) is 4.79 Å². The summed E-state index contributed by atoms with van der Waals surface area (Å²) >= 11 is 0. The first-order valence-corrected chi connectivity index (χ1v) is 5.56. The lowest BCUT2D eigenvalue weighted by molar-refractivity contribution is -0.114. The SMILES string of the molecule is CC(=O)Nc1ccc(C2C(N)C2(C)C)cc1. The average molecular weight is 218 g/mol. The summed E-state index contributed by atoms with van der Waals surface area (Å²) in [5.41, 5.74) is 8.32.